The quantitative estimate of drug-likeness (QED) is 0.803. The van der Waals surface area contributed by atoms with Crippen molar-refractivity contribution in [3.63, 3.8) is 0 Å². The molecule has 0 atom stereocenters. The summed E-state index contributed by atoms with van der Waals surface area (Å²) in [5.74, 6) is -0.277. The van der Waals surface area contributed by atoms with Gasteiger partial charge in [-0.1, -0.05) is 24.3 Å². The van der Waals surface area contributed by atoms with Gasteiger partial charge in [0.2, 0.25) is 0 Å². The maximum atomic E-state index is 12.0. The smallest absolute Gasteiger partial charge is 0.181 e. The largest absolute Gasteiger partial charge is 0.398 e. The zero-order valence-corrected chi connectivity index (χ0v) is 9.94. The lowest BCUT2D eigenvalue weighted by molar-refractivity contribution is 0.319. The monoisotopic (exact) mass is 251 g/mol. The van der Waals surface area contributed by atoms with E-state index in [4.69, 9.17) is 10.8 Å². The molecule has 90 valence electrons. The van der Waals surface area contributed by atoms with Crippen LogP contribution >= 0.6 is 0 Å². The van der Waals surface area contributed by atoms with Crippen LogP contribution in [-0.2, 0) is 9.84 Å². The van der Waals surface area contributed by atoms with Gasteiger partial charge in [0.15, 0.2) is 9.84 Å². The second-order valence-electron chi connectivity index (χ2n) is 3.74. The van der Waals surface area contributed by atoms with Gasteiger partial charge in [-0.3, -0.25) is 0 Å². The summed E-state index contributed by atoms with van der Waals surface area (Å²) in [6.07, 6.45) is 0. The van der Waals surface area contributed by atoms with Crippen LogP contribution in [0.3, 0.4) is 0 Å². The zero-order chi connectivity index (χ0) is 12.5. The van der Waals surface area contributed by atoms with E-state index < -0.39 is 9.84 Å². The third kappa shape index (κ3) is 2.11. The Morgan fingerprint density at radius 3 is 2.41 bits per heavy atom. The molecule has 0 aromatic heterocycles. The van der Waals surface area contributed by atoms with Crippen molar-refractivity contribution < 1.29 is 13.5 Å². The van der Waals surface area contributed by atoms with Crippen LogP contribution in [-0.4, -0.2) is 25.9 Å². The van der Waals surface area contributed by atoms with Crippen LogP contribution in [0.1, 0.15) is 0 Å². The summed E-state index contributed by atoms with van der Waals surface area (Å²) in [6.45, 7) is -0.388. The predicted octanol–water partition coefficient (Wildman–Crippen LogP) is 1.19. The lowest BCUT2D eigenvalue weighted by Gasteiger charge is -2.08. The van der Waals surface area contributed by atoms with Gasteiger partial charge in [-0.25, -0.2) is 8.42 Å². The Balaban J connectivity index is 2.76. The molecule has 0 aliphatic heterocycles. The first-order chi connectivity index (χ1) is 8.06. The molecule has 0 heterocycles. The van der Waals surface area contributed by atoms with Gasteiger partial charge in [0.1, 0.15) is 0 Å². The number of rotatable bonds is 3. The summed E-state index contributed by atoms with van der Waals surface area (Å²) in [6, 6.07) is 10.1. The minimum atomic E-state index is -3.46. The van der Waals surface area contributed by atoms with Crippen molar-refractivity contribution in [1.29, 1.82) is 0 Å². The van der Waals surface area contributed by atoms with E-state index in [9.17, 15) is 8.42 Å². The molecule has 4 nitrogen and oxygen atoms in total. The van der Waals surface area contributed by atoms with E-state index in [0.717, 1.165) is 0 Å². The van der Waals surface area contributed by atoms with Gasteiger partial charge < -0.3 is 10.8 Å². The van der Waals surface area contributed by atoms with Crippen LogP contribution in [0.5, 0.6) is 0 Å². The molecule has 2 aromatic carbocycles. The Kier molecular flexibility index (Phi) is 3.04. The number of sulfone groups is 1. The van der Waals surface area contributed by atoms with E-state index in [1.54, 1.807) is 30.3 Å². The van der Waals surface area contributed by atoms with E-state index in [0.29, 0.717) is 16.5 Å². The first-order valence-electron chi connectivity index (χ1n) is 5.17. The third-order valence-electron chi connectivity index (χ3n) is 2.61. The van der Waals surface area contributed by atoms with Gasteiger partial charge in [-0.2, -0.15) is 0 Å². The lowest BCUT2D eigenvalue weighted by Crippen LogP contribution is -2.10. The highest BCUT2D eigenvalue weighted by Gasteiger charge is 2.16. The molecule has 0 saturated carbocycles. The standard InChI is InChI=1S/C12H13NO3S/c13-11-5-1-4-10-9(11)3-2-6-12(10)17(15,16)8-7-14/h1-6,14H,7-8,13H2. The second-order valence-corrected chi connectivity index (χ2v) is 5.82. The van der Waals surface area contributed by atoms with Gasteiger partial charge in [-0.05, 0) is 12.1 Å². The van der Waals surface area contributed by atoms with Crippen LogP contribution in [0.15, 0.2) is 41.3 Å². The molecule has 0 amide bonds. The SMILES string of the molecule is Nc1cccc2c(S(=O)(=O)CCO)cccc12. The minimum Gasteiger partial charge on any atom is -0.398 e. The molecule has 2 rings (SSSR count). The van der Waals surface area contributed by atoms with Gasteiger partial charge in [0, 0.05) is 16.5 Å². The molecule has 0 bridgehead atoms. The van der Waals surface area contributed by atoms with E-state index in [1.807, 2.05) is 0 Å². The van der Waals surface area contributed by atoms with Gasteiger partial charge in [0.25, 0.3) is 0 Å². The van der Waals surface area contributed by atoms with Crippen LogP contribution in [0.4, 0.5) is 5.69 Å². The van der Waals surface area contributed by atoms with Crippen LogP contribution in [0.25, 0.3) is 10.8 Å². The molecule has 0 fully saturated rings. The molecule has 0 saturated heterocycles. The molecule has 17 heavy (non-hydrogen) atoms. The highest BCUT2D eigenvalue weighted by atomic mass is 32.2. The van der Waals surface area contributed by atoms with Gasteiger partial charge >= 0.3 is 0 Å². The average molecular weight is 251 g/mol. The minimum absolute atomic E-state index is 0.219. The van der Waals surface area contributed by atoms with Crippen molar-refractivity contribution in [3.05, 3.63) is 36.4 Å². The Morgan fingerprint density at radius 1 is 1.06 bits per heavy atom. The van der Waals surface area contributed by atoms with E-state index in [2.05, 4.69) is 0 Å². The maximum Gasteiger partial charge on any atom is 0.181 e. The summed E-state index contributed by atoms with van der Waals surface area (Å²) in [5.41, 5.74) is 6.34. The maximum absolute atomic E-state index is 12.0. The number of fused-ring (bicyclic) bond motifs is 1. The van der Waals surface area contributed by atoms with Crippen molar-refractivity contribution in [2.45, 2.75) is 4.90 Å². The number of nitrogen functional groups attached to an aromatic ring is 1. The highest BCUT2D eigenvalue weighted by molar-refractivity contribution is 7.91. The third-order valence-corrected chi connectivity index (χ3v) is 4.36. The van der Waals surface area contributed by atoms with Crippen LogP contribution in [0.2, 0.25) is 0 Å². The second kappa shape index (κ2) is 4.35. The number of hydrogen-bond acceptors (Lipinski definition) is 4. The average Bonchev–Trinajstić information content (AvgIpc) is 2.29. The van der Waals surface area contributed by atoms with Crippen molar-refractivity contribution >= 4 is 26.3 Å². The highest BCUT2D eigenvalue weighted by Crippen LogP contribution is 2.27. The van der Waals surface area contributed by atoms with E-state index >= 15 is 0 Å². The number of aliphatic hydroxyl groups is 1. The molecule has 0 aliphatic carbocycles. The Hall–Kier alpha value is -1.59. The first kappa shape index (κ1) is 11.9. The van der Waals surface area contributed by atoms with Crippen LogP contribution in [0, 0.1) is 0 Å². The number of benzene rings is 2. The fraction of sp³-hybridized carbons (Fsp3) is 0.167. The predicted molar refractivity (Wildman–Crippen MR) is 67.5 cm³/mol. The van der Waals surface area contributed by atoms with Crippen LogP contribution < -0.4 is 5.73 Å². The summed E-state index contributed by atoms with van der Waals surface area (Å²) >= 11 is 0. The molecule has 0 spiro atoms. The summed E-state index contributed by atoms with van der Waals surface area (Å²) in [7, 11) is -3.46. The summed E-state index contributed by atoms with van der Waals surface area (Å²) in [5, 5.41) is 10.1. The summed E-state index contributed by atoms with van der Waals surface area (Å²) in [4.78, 5) is 0.219. The molecule has 3 N–H and O–H groups in total. The van der Waals surface area contributed by atoms with E-state index in [1.165, 1.54) is 6.07 Å². The zero-order valence-electron chi connectivity index (χ0n) is 9.13. The van der Waals surface area contributed by atoms with E-state index in [-0.39, 0.29) is 17.3 Å². The van der Waals surface area contributed by atoms with Crippen molar-refractivity contribution in [2.75, 3.05) is 18.1 Å². The summed E-state index contributed by atoms with van der Waals surface area (Å²) < 4.78 is 23.9. The molecule has 0 aliphatic rings. The number of hydrogen-bond donors (Lipinski definition) is 2. The fourth-order valence-electron chi connectivity index (χ4n) is 1.81. The Morgan fingerprint density at radius 2 is 1.71 bits per heavy atom. The Labute approximate surface area is 99.6 Å². The molecular weight excluding hydrogens is 238 g/mol. The van der Waals surface area contributed by atoms with Crippen molar-refractivity contribution in [1.82, 2.24) is 0 Å². The van der Waals surface area contributed by atoms with Gasteiger partial charge in [-0.15, -0.1) is 0 Å². The molecular formula is C12H13NO3S. The molecule has 0 unspecified atom stereocenters. The van der Waals surface area contributed by atoms with Crippen molar-refractivity contribution in [3.8, 4) is 0 Å². The molecule has 5 heteroatoms. The first-order valence-corrected chi connectivity index (χ1v) is 6.82. The number of aliphatic hydroxyl groups excluding tert-OH is 1. The number of nitrogens with two attached hydrogens (primary N) is 1. The molecule has 0 radical (unpaired) electrons. The topological polar surface area (TPSA) is 80.4 Å². The van der Waals surface area contributed by atoms with Crippen molar-refractivity contribution in [2.24, 2.45) is 0 Å². The Bertz CT molecular complexity index is 650. The lowest BCUT2D eigenvalue weighted by atomic mass is 10.1. The normalized spacial score (nSPS) is 11.8. The molecule has 2 aromatic rings. The van der Waals surface area contributed by atoms with Gasteiger partial charge in [0.05, 0.1) is 17.3 Å². The number of anilines is 1. The fourth-order valence-corrected chi connectivity index (χ4v) is 3.07.